The van der Waals surface area contributed by atoms with Crippen LogP contribution in [0, 0.1) is 0 Å². The van der Waals surface area contributed by atoms with Crippen molar-refractivity contribution < 1.29 is 0 Å². The van der Waals surface area contributed by atoms with Gasteiger partial charge in [0.15, 0.2) is 0 Å². The van der Waals surface area contributed by atoms with E-state index >= 15 is 0 Å². The first kappa shape index (κ1) is 30.5. The van der Waals surface area contributed by atoms with E-state index in [1.807, 2.05) is 0 Å². The van der Waals surface area contributed by atoms with Gasteiger partial charge in [0.25, 0.3) is 0 Å². The Morgan fingerprint density at radius 1 is 0.278 bits per heavy atom. The van der Waals surface area contributed by atoms with Crippen molar-refractivity contribution in [2.75, 3.05) is 4.90 Å². The van der Waals surface area contributed by atoms with Crippen LogP contribution in [-0.4, -0.2) is 4.57 Å². The molecule has 0 spiro atoms. The van der Waals surface area contributed by atoms with Crippen LogP contribution >= 0.6 is 0 Å². The van der Waals surface area contributed by atoms with Gasteiger partial charge in [0.2, 0.25) is 0 Å². The molecule has 10 aromatic carbocycles. The predicted molar refractivity (Wildman–Crippen MR) is 231 cm³/mol. The van der Waals surface area contributed by atoms with Crippen molar-refractivity contribution in [3.05, 3.63) is 206 Å². The maximum absolute atomic E-state index is 2.41. The summed E-state index contributed by atoms with van der Waals surface area (Å²) in [5, 5.41) is 12.6. The summed E-state index contributed by atoms with van der Waals surface area (Å²) in [5.74, 6) is 0. The van der Waals surface area contributed by atoms with Gasteiger partial charge in [0, 0.05) is 33.5 Å². The van der Waals surface area contributed by atoms with E-state index in [2.05, 4.69) is 216 Å². The minimum Gasteiger partial charge on any atom is -0.310 e. The Balaban J connectivity index is 1.08. The van der Waals surface area contributed by atoms with Gasteiger partial charge in [-0.05, 0) is 121 Å². The van der Waals surface area contributed by atoms with Gasteiger partial charge >= 0.3 is 0 Å². The van der Waals surface area contributed by atoms with Crippen molar-refractivity contribution in [2.45, 2.75) is 0 Å². The number of aromatic nitrogens is 1. The van der Waals surface area contributed by atoms with Gasteiger partial charge in [-0.15, -0.1) is 0 Å². The third-order valence-corrected chi connectivity index (χ3v) is 11.1. The molecule has 1 aromatic heterocycles. The molecular formula is C52H34N2. The highest BCUT2D eigenvalue weighted by atomic mass is 15.1. The zero-order valence-electron chi connectivity index (χ0n) is 29.5. The van der Waals surface area contributed by atoms with Crippen molar-refractivity contribution >= 4 is 82.0 Å². The second-order valence-corrected chi connectivity index (χ2v) is 14.2. The summed E-state index contributed by atoms with van der Waals surface area (Å²) in [6, 6.07) is 75.4. The SMILES string of the molecule is c1ccc(-n2c3ccccc3c3cc(N(c4ccc(-c5ccc6c(ccc7ccccc76)c5)cc4)c4ccc5ccc6ccccc6c5c4)ccc32)cc1. The lowest BCUT2D eigenvalue weighted by molar-refractivity contribution is 1.18. The van der Waals surface area contributed by atoms with E-state index in [0.29, 0.717) is 0 Å². The third-order valence-electron chi connectivity index (χ3n) is 11.1. The summed E-state index contributed by atoms with van der Waals surface area (Å²) >= 11 is 0. The van der Waals surface area contributed by atoms with E-state index in [9.17, 15) is 0 Å². The molecule has 0 aliphatic rings. The minimum atomic E-state index is 1.11. The van der Waals surface area contributed by atoms with Crippen LogP contribution in [0.15, 0.2) is 206 Å². The summed E-state index contributed by atoms with van der Waals surface area (Å²) < 4.78 is 2.38. The summed E-state index contributed by atoms with van der Waals surface area (Å²) in [4.78, 5) is 2.41. The Labute approximate surface area is 313 Å². The number of benzene rings is 10. The van der Waals surface area contributed by atoms with Gasteiger partial charge in [0.1, 0.15) is 0 Å². The first-order chi connectivity index (χ1) is 26.8. The standard InChI is InChI=1S/C52H34N2/c1-2-12-41(13-3-1)54-51-17-9-8-16-48(51)50-34-44(29-31-52(50)54)53(43-28-24-38-19-18-37-11-5-7-15-46(37)49(38)33-43)42-26-22-35(23-27-42)39-25-30-47-40(32-39)21-20-36-10-4-6-14-45(36)47/h1-34H. The molecule has 0 radical (unpaired) electrons. The molecular weight excluding hydrogens is 653 g/mol. The lowest BCUT2D eigenvalue weighted by atomic mass is 9.97. The van der Waals surface area contributed by atoms with Crippen LogP contribution in [0.1, 0.15) is 0 Å². The van der Waals surface area contributed by atoms with E-state index in [4.69, 9.17) is 0 Å². The molecule has 0 saturated heterocycles. The van der Waals surface area contributed by atoms with E-state index in [0.717, 1.165) is 22.7 Å². The molecule has 252 valence electrons. The third kappa shape index (κ3) is 4.88. The summed E-state index contributed by atoms with van der Waals surface area (Å²) in [5.41, 5.74) is 9.30. The Bertz CT molecular complexity index is 3210. The van der Waals surface area contributed by atoms with E-state index < -0.39 is 0 Å². The van der Waals surface area contributed by atoms with Crippen LogP contribution in [0.5, 0.6) is 0 Å². The van der Waals surface area contributed by atoms with Gasteiger partial charge in [-0.25, -0.2) is 0 Å². The fourth-order valence-corrected chi connectivity index (χ4v) is 8.53. The number of hydrogen-bond donors (Lipinski definition) is 0. The number of rotatable bonds is 5. The molecule has 0 bridgehead atoms. The summed E-state index contributed by atoms with van der Waals surface area (Å²) in [6.45, 7) is 0. The number of para-hydroxylation sites is 2. The summed E-state index contributed by atoms with van der Waals surface area (Å²) in [7, 11) is 0. The highest BCUT2D eigenvalue weighted by molar-refractivity contribution is 6.12. The van der Waals surface area contributed by atoms with Gasteiger partial charge in [0.05, 0.1) is 11.0 Å². The Morgan fingerprint density at radius 2 is 0.778 bits per heavy atom. The molecule has 54 heavy (non-hydrogen) atoms. The van der Waals surface area contributed by atoms with E-state index in [-0.39, 0.29) is 0 Å². The average Bonchev–Trinajstić information content (AvgIpc) is 3.58. The number of nitrogens with zero attached hydrogens (tertiary/aromatic N) is 2. The monoisotopic (exact) mass is 686 g/mol. The highest BCUT2D eigenvalue weighted by Crippen LogP contribution is 2.42. The van der Waals surface area contributed by atoms with Gasteiger partial charge in [-0.2, -0.15) is 0 Å². The smallest absolute Gasteiger partial charge is 0.0542 e. The van der Waals surface area contributed by atoms with Crippen molar-refractivity contribution in [2.24, 2.45) is 0 Å². The van der Waals surface area contributed by atoms with Crippen LogP contribution < -0.4 is 4.90 Å². The lowest BCUT2D eigenvalue weighted by Crippen LogP contribution is -2.10. The molecule has 0 amide bonds. The van der Waals surface area contributed by atoms with Crippen molar-refractivity contribution in [1.82, 2.24) is 4.57 Å². The molecule has 2 nitrogen and oxygen atoms in total. The molecule has 11 rings (SSSR count). The predicted octanol–water partition coefficient (Wildman–Crippen LogP) is 14.5. The molecule has 0 aliphatic heterocycles. The van der Waals surface area contributed by atoms with Crippen molar-refractivity contribution in [3.8, 4) is 16.8 Å². The molecule has 0 saturated carbocycles. The van der Waals surface area contributed by atoms with Gasteiger partial charge in [-0.3, -0.25) is 0 Å². The fourth-order valence-electron chi connectivity index (χ4n) is 8.53. The van der Waals surface area contributed by atoms with Crippen LogP contribution in [-0.2, 0) is 0 Å². The molecule has 0 aliphatic carbocycles. The molecule has 0 fully saturated rings. The summed E-state index contributed by atoms with van der Waals surface area (Å²) in [6.07, 6.45) is 0. The van der Waals surface area contributed by atoms with E-state index in [1.54, 1.807) is 0 Å². The second kappa shape index (κ2) is 12.2. The Kier molecular flexibility index (Phi) is 6.90. The van der Waals surface area contributed by atoms with Crippen LogP contribution in [0.3, 0.4) is 0 Å². The maximum atomic E-state index is 2.41. The first-order valence-corrected chi connectivity index (χ1v) is 18.6. The van der Waals surface area contributed by atoms with Crippen molar-refractivity contribution in [3.63, 3.8) is 0 Å². The minimum absolute atomic E-state index is 1.11. The second-order valence-electron chi connectivity index (χ2n) is 14.2. The normalized spacial score (nSPS) is 11.7. The quantitative estimate of drug-likeness (QED) is 0.164. The highest BCUT2D eigenvalue weighted by Gasteiger charge is 2.18. The average molecular weight is 687 g/mol. The zero-order valence-corrected chi connectivity index (χ0v) is 29.5. The van der Waals surface area contributed by atoms with Crippen LogP contribution in [0.2, 0.25) is 0 Å². The number of anilines is 3. The number of hydrogen-bond acceptors (Lipinski definition) is 1. The molecule has 0 N–H and O–H groups in total. The molecule has 0 unspecified atom stereocenters. The molecule has 2 heteroatoms. The number of fused-ring (bicyclic) bond motifs is 9. The van der Waals surface area contributed by atoms with Crippen LogP contribution in [0.25, 0.3) is 81.7 Å². The van der Waals surface area contributed by atoms with Gasteiger partial charge in [-0.1, -0.05) is 140 Å². The fraction of sp³-hybridized carbons (Fsp3) is 0. The van der Waals surface area contributed by atoms with E-state index in [1.165, 1.54) is 76.0 Å². The molecule has 0 atom stereocenters. The molecule has 1 heterocycles. The molecule has 11 aromatic rings. The van der Waals surface area contributed by atoms with Crippen molar-refractivity contribution in [1.29, 1.82) is 0 Å². The van der Waals surface area contributed by atoms with Crippen LogP contribution in [0.4, 0.5) is 17.1 Å². The largest absolute Gasteiger partial charge is 0.310 e. The Hall–Kier alpha value is -7.16. The maximum Gasteiger partial charge on any atom is 0.0542 e. The first-order valence-electron chi connectivity index (χ1n) is 18.6. The topological polar surface area (TPSA) is 8.17 Å². The Morgan fingerprint density at radius 3 is 1.54 bits per heavy atom. The lowest BCUT2D eigenvalue weighted by Gasteiger charge is -2.26. The van der Waals surface area contributed by atoms with Gasteiger partial charge < -0.3 is 9.47 Å². The zero-order chi connectivity index (χ0) is 35.6.